The van der Waals surface area contributed by atoms with Crippen molar-refractivity contribution in [2.75, 3.05) is 7.05 Å². The van der Waals surface area contributed by atoms with Crippen LogP contribution in [0.5, 0.6) is 0 Å². The van der Waals surface area contributed by atoms with Gasteiger partial charge in [-0.2, -0.15) is 4.58 Å². The zero-order valence-corrected chi connectivity index (χ0v) is 3.93. The Balaban J connectivity index is 3.57. The van der Waals surface area contributed by atoms with Gasteiger partial charge >= 0.3 is 5.91 Å². The highest BCUT2D eigenvalue weighted by molar-refractivity contribution is 5.65. The summed E-state index contributed by atoms with van der Waals surface area (Å²) in [5.41, 5.74) is 0. The van der Waals surface area contributed by atoms with Crippen molar-refractivity contribution in [1.29, 1.82) is 0 Å². The van der Waals surface area contributed by atoms with Crippen LogP contribution in [0.4, 0.5) is 0 Å². The second-order valence-electron chi connectivity index (χ2n) is 1.13. The second kappa shape index (κ2) is 1.70. The Morgan fingerprint density at radius 3 is 2.00 bits per heavy atom. The average molecular weight is 85.1 g/mol. The van der Waals surface area contributed by atoms with Crippen LogP contribution in [0.1, 0.15) is 6.92 Å². The van der Waals surface area contributed by atoms with E-state index in [0.29, 0.717) is 0 Å². The van der Waals surface area contributed by atoms with Crippen LogP contribution >= 0.6 is 0 Å². The lowest BCUT2D eigenvalue weighted by Gasteiger charge is -1.75. The Hall–Kier alpha value is -0.660. The minimum absolute atomic E-state index is 0.130. The summed E-state index contributed by atoms with van der Waals surface area (Å²) in [5, 5.41) is 0. The molecule has 0 aliphatic rings. The van der Waals surface area contributed by atoms with E-state index in [1.165, 1.54) is 14.0 Å². The number of carbonyl (C=O) groups excluding carboxylic acids is 1. The first-order chi connectivity index (χ1) is 2.64. The molecule has 2 heteroatoms. The zero-order valence-electron chi connectivity index (χ0n) is 3.93. The van der Waals surface area contributed by atoms with E-state index in [0.717, 1.165) is 4.58 Å². The normalized spacial score (nSPS) is 7.67. The molecular formula is C4H7NO+. The van der Waals surface area contributed by atoms with E-state index in [1.807, 2.05) is 0 Å². The first-order valence-electron chi connectivity index (χ1n) is 1.63. The third-order valence-electron chi connectivity index (χ3n) is 0.497. The predicted molar refractivity (Wildman–Crippen MR) is 22.9 cm³/mol. The van der Waals surface area contributed by atoms with E-state index in [2.05, 4.69) is 0 Å². The van der Waals surface area contributed by atoms with Gasteiger partial charge in [0.25, 0.3) is 0 Å². The molecule has 0 aliphatic carbocycles. The summed E-state index contributed by atoms with van der Waals surface area (Å²) in [6, 6.07) is 0. The minimum atomic E-state index is -0.130. The molecule has 0 aliphatic heterocycles. The standard InChI is InChI=1S/C4H7NO/c1-4(6)5(2)3/h2H,1,3H3/q+1. The molecule has 33 valence electrons. The van der Waals surface area contributed by atoms with E-state index in [9.17, 15) is 4.79 Å². The molecule has 0 fully saturated rings. The summed E-state index contributed by atoms with van der Waals surface area (Å²) >= 11 is 0. The monoisotopic (exact) mass is 85.1 g/mol. The van der Waals surface area contributed by atoms with E-state index in [4.69, 9.17) is 6.72 Å². The molecule has 2 nitrogen and oxygen atoms in total. The van der Waals surface area contributed by atoms with Gasteiger partial charge in [-0.3, -0.25) is 0 Å². The van der Waals surface area contributed by atoms with Crippen LogP contribution in [-0.2, 0) is 4.79 Å². The summed E-state index contributed by atoms with van der Waals surface area (Å²) < 4.78 is 1.03. The SMILES string of the molecule is [CH]=[N+](C)C(C)=O. The summed E-state index contributed by atoms with van der Waals surface area (Å²) in [6.45, 7) is 6.32. The van der Waals surface area contributed by atoms with Gasteiger partial charge in [0.2, 0.25) is 6.72 Å². The number of rotatable bonds is 0. The highest BCUT2D eigenvalue weighted by atomic mass is 16.1. The lowest BCUT2D eigenvalue weighted by molar-refractivity contribution is -0.408. The molecule has 1 radical (unpaired) electrons. The molecule has 0 rings (SSSR count). The second-order valence-corrected chi connectivity index (χ2v) is 1.13. The van der Waals surface area contributed by atoms with E-state index >= 15 is 0 Å². The Bertz CT molecular complexity index is 73.5. The van der Waals surface area contributed by atoms with Crippen molar-refractivity contribution in [3.63, 3.8) is 0 Å². The summed E-state index contributed by atoms with van der Waals surface area (Å²) in [6.07, 6.45) is 0. The molecule has 0 aromatic rings. The summed E-state index contributed by atoms with van der Waals surface area (Å²) in [7, 11) is 1.50. The lowest BCUT2D eigenvalue weighted by atomic mass is 10.7. The van der Waals surface area contributed by atoms with Crippen molar-refractivity contribution in [3.8, 4) is 0 Å². The number of nitrogens with zero attached hydrogens (tertiary/aromatic N) is 1. The molecule has 0 saturated heterocycles. The van der Waals surface area contributed by atoms with E-state index in [-0.39, 0.29) is 5.91 Å². The van der Waals surface area contributed by atoms with Gasteiger partial charge in [-0.25, -0.2) is 4.79 Å². The molecule has 0 saturated carbocycles. The van der Waals surface area contributed by atoms with Gasteiger partial charge in [-0.15, -0.1) is 0 Å². The molecule has 0 atom stereocenters. The summed E-state index contributed by atoms with van der Waals surface area (Å²) in [5.74, 6) is -0.130. The van der Waals surface area contributed by atoms with Gasteiger partial charge in [0, 0.05) is 0 Å². The quantitative estimate of drug-likeness (QED) is 0.293. The highest BCUT2D eigenvalue weighted by Gasteiger charge is 1.94. The smallest absolute Gasteiger partial charge is 0.220 e. The molecule has 0 spiro atoms. The van der Waals surface area contributed by atoms with Crippen LogP contribution in [0.15, 0.2) is 0 Å². The van der Waals surface area contributed by atoms with Crippen LogP contribution in [0.3, 0.4) is 0 Å². The first kappa shape index (κ1) is 5.34. The molecule has 0 aromatic carbocycles. The number of amides is 1. The van der Waals surface area contributed by atoms with Gasteiger partial charge < -0.3 is 0 Å². The van der Waals surface area contributed by atoms with Gasteiger partial charge in [-0.1, -0.05) is 0 Å². The fraction of sp³-hybridized carbons (Fsp3) is 0.500. The van der Waals surface area contributed by atoms with Crippen molar-refractivity contribution in [1.82, 2.24) is 0 Å². The maximum Gasteiger partial charge on any atom is 0.383 e. The molecule has 0 aromatic heterocycles. The zero-order chi connectivity index (χ0) is 5.15. The highest BCUT2D eigenvalue weighted by Crippen LogP contribution is 1.60. The lowest BCUT2D eigenvalue weighted by Crippen LogP contribution is -2.07. The van der Waals surface area contributed by atoms with Gasteiger partial charge in [0.1, 0.15) is 7.05 Å². The van der Waals surface area contributed by atoms with Crippen molar-refractivity contribution in [2.24, 2.45) is 0 Å². The number of carbonyl (C=O) groups is 1. The van der Waals surface area contributed by atoms with E-state index < -0.39 is 0 Å². The topological polar surface area (TPSA) is 20.1 Å². The molecule has 1 amide bonds. The van der Waals surface area contributed by atoms with Crippen molar-refractivity contribution in [3.05, 3.63) is 0 Å². The van der Waals surface area contributed by atoms with Crippen molar-refractivity contribution >= 4 is 12.6 Å². The Morgan fingerprint density at radius 2 is 2.00 bits per heavy atom. The fourth-order valence-corrected chi connectivity index (χ4v) is 0. The third-order valence-corrected chi connectivity index (χ3v) is 0.497. The number of hydrogen-bond acceptors (Lipinski definition) is 1. The largest absolute Gasteiger partial charge is 0.383 e. The van der Waals surface area contributed by atoms with Crippen LogP contribution < -0.4 is 0 Å². The first-order valence-corrected chi connectivity index (χ1v) is 1.63. The van der Waals surface area contributed by atoms with Crippen molar-refractivity contribution < 1.29 is 9.37 Å². The predicted octanol–water partition coefficient (Wildman–Crippen LogP) is -0.247. The molecule has 0 heterocycles. The molecule has 0 N–H and O–H groups in total. The van der Waals surface area contributed by atoms with Crippen LogP contribution in [0, 0.1) is 0 Å². The maximum absolute atomic E-state index is 9.94. The minimum Gasteiger partial charge on any atom is -0.220 e. The van der Waals surface area contributed by atoms with Crippen LogP contribution in [0.25, 0.3) is 0 Å². The average Bonchev–Trinajstić information content (AvgIpc) is 1.36. The van der Waals surface area contributed by atoms with Gasteiger partial charge in [0.05, 0.1) is 6.92 Å². The van der Waals surface area contributed by atoms with Gasteiger partial charge in [0.15, 0.2) is 0 Å². The third kappa shape index (κ3) is 1.64. The number of hydrogen-bond donors (Lipinski definition) is 0. The Kier molecular flexibility index (Phi) is 1.51. The Labute approximate surface area is 37.1 Å². The van der Waals surface area contributed by atoms with Gasteiger partial charge in [-0.05, 0) is 0 Å². The molecule has 0 unspecified atom stereocenters. The fourth-order valence-electron chi connectivity index (χ4n) is 0. The molecular weight excluding hydrogens is 78.0 g/mol. The maximum atomic E-state index is 9.94. The van der Waals surface area contributed by atoms with Crippen LogP contribution in [-0.4, -0.2) is 24.2 Å². The van der Waals surface area contributed by atoms with Crippen LogP contribution in [0.2, 0.25) is 0 Å². The van der Waals surface area contributed by atoms with Crippen molar-refractivity contribution in [2.45, 2.75) is 6.92 Å². The Morgan fingerprint density at radius 1 is 1.83 bits per heavy atom. The molecule has 6 heavy (non-hydrogen) atoms. The van der Waals surface area contributed by atoms with E-state index in [1.54, 1.807) is 0 Å². The summed E-state index contributed by atoms with van der Waals surface area (Å²) in [4.78, 5) is 9.94. The molecule has 0 bridgehead atoms.